The Morgan fingerprint density at radius 2 is 2.29 bits per heavy atom. The number of hydrogen-bond donors (Lipinski definition) is 2. The minimum absolute atomic E-state index is 0.0641. The first-order valence-corrected chi connectivity index (χ1v) is 11.2. The van der Waals surface area contributed by atoms with Crippen molar-refractivity contribution in [1.82, 2.24) is 15.5 Å². The number of aliphatic imine (C=N–C) groups is 1. The van der Waals surface area contributed by atoms with Gasteiger partial charge in [0.1, 0.15) is 9.84 Å². The second-order valence-corrected chi connectivity index (χ2v) is 9.62. The Labute approximate surface area is 149 Å². The van der Waals surface area contributed by atoms with Crippen molar-refractivity contribution in [3.05, 3.63) is 21.9 Å². The van der Waals surface area contributed by atoms with E-state index >= 15 is 0 Å². The highest BCUT2D eigenvalue weighted by molar-refractivity contribution is 7.90. The van der Waals surface area contributed by atoms with Gasteiger partial charge in [-0.2, -0.15) is 0 Å². The summed E-state index contributed by atoms with van der Waals surface area (Å²) in [6, 6.07) is 2.29. The van der Waals surface area contributed by atoms with Crippen LogP contribution in [0.4, 0.5) is 0 Å². The second-order valence-electron chi connectivity index (χ2n) is 6.36. The Bertz CT molecular complexity index is 655. The maximum absolute atomic E-state index is 11.2. The molecule has 0 aromatic carbocycles. The molecule has 1 aromatic rings. The van der Waals surface area contributed by atoms with Gasteiger partial charge in [-0.05, 0) is 36.8 Å². The molecule has 1 aliphatic rings. The molecular formula is C16H28N4O2S2. The van der Waals surface area contributed by atoms with Gasteiger partial charge in [0, 0.05) is 50.4 Å². The van der Waals surface area contributed by atoms with Crippen LogP contribution in [0.25, 0.3) is 0 Å². The molecule has 8 heteroatoms. The van der Waals surface area contributed by atoms with E-state index in [1.54, 1.807) is 7.05 Å². The van der Waals surface area contributed by atoms with Crippen LogP contribution in [-0.2, 0) is 22.8 Å². The molecule has 2 N–H and O–H groups in total. The molecule has 0 bridgehead atoms. The average molecular weight is 373 g/mol. The molecule has 0 saturated carbocycles. The van der Waals surface area contributed by atoms with Gasteiger partial charge in [-0.25, -0.2) is 8.42 Å². The van der Waals surface area contributed by atoms with Gasteiger partial charge in [-0.3, -0.25) is 9.89 Å². The fraction of sp³-hybridized carbons (Fsp3) is 0.688. The number of sulfone groups is 1. The molecule has 24 heavy (non-hydrogen) atoms. The van der Waals surface area contributed by atoms with Crippen LogP contribution in [-0.4, -0.2) is 64.0 Å². The Morgan fingerprint density at radius 1 is 1.50 bits per heavy atom. The Balaban J connectivity index is 1.68. The molecule has 0 saturated heterocycles. The Morgan fingerprint density at radius 3 is 3.00 bits per heavy atom. The van der Waals surface area contributed by atoms with Gasteiger partial charge < -0.3 is 10.6 Å². The summed E-state index contributed by atoms with van der Waals surface area (Å²) in [5.74, 6) is 0.916. The zero-order valence-corrected chi connectivity index (χ0v) is 16.3. The SMILES string of the molecule is CN=C(NCCN1CCc2sccc2C1)NC(C)CCS(C)(=O)=O. The second kappa shape index (κ2) is 8.82. The summed E-state index contributed by atoms with van der Waals surface area (Å²) in [6.45, 7) is 5.88. The number of hydrogen-bond acceptors (Lipinski definition) is 5. The fourth-order valence-corrected chi connectivity index (χ4v) is 4.39. The molecule has 6 nitrogen and oxygen atoms in total. The van der Waals surface area contributed by atoms with Crippen molar-refractivity contribution >= 4 is 27.1 Å². The lowest BCUT2D eigenvalue weighted by molar-refractivity contribution is 0.260. The summed E-state index contributed by atoms with van der Waals surface area (Å²) in [5.41, 5.74) is 1.46. The molecule has 2 heterocycles. The van der Waals surface area contributed by atoms with Crippen molar-refractivity contribution in [2.24, 2.45) is 4.99 Å². The zero-order chi connectivity index (χ0) is 17.6. The maximum Gasteiger partial charge on any atom is 0.191 e. The molecular weight excluding hydrogens is 344 g/mol. The topological polar surface area (TPSA) is 73.8 Å². The van der Waals surface area contributed by atoms with Gasteiger partial charge in [-0.15, -0.1) is 11.3 Å². The third-order valence-corrected chi connectivity index (χ3v) is 6.14. The lowest BCUT2D eigenvalue weighted by atomic mass is 10.1. The van der Waals surface area contributed by atoms with Crippen molar-refractivity contribution in [2.45, 2.75) is 32.4 Å². The smallest absolute Gasteiger partial charge is 0.191 e. The number of nitrogens with zero attached hydrogens (tertiary/aromatic N) is 2. The van der Waals surface area contributed by atoms with Crippen LogP contribution in [0.2, 0.25) is 0 Å². The predicted molar refractivity (Wildman–Crippen MR) is 102 cm³/mol. The summed E-state index contributed by atoms with van der Waals surface area (Å²) in [7, 11) is -1.19. The first kappa shape index (κ1) is 19.2. The summed E-state index contributed by atoms with van der Waals surface area (Å²) >= 11 is 1.86. The molecule has 0 fully saturated rings. The molecule has 0 aliphatic carbocycles. The van der Waals surface area contributed by atoms with Gasteiger partial charge >= 0.3 is 0 Å². The van der Waals surface area contributed by atoms with E-state index in [9.17, 15) is 8.42 Å². The van der Waals surface area contributed by atoms with Crippen molar-refractivity contribution in [3.8, 4) is 0 Å². The fourth-order valence-electron chi connectivity index (χ4n) is 2.72. The van der Waals surface area contributed by atoms with Crippen molar-refractivity contribution in [3.63, 3.8) is 0 Å². The molecule has 1 unspecified atom stereocenters. The lowest BCUT2D eigenvalue weighted by Gasteiger charge is -2.27. The Kier molecular flexibility index (Phi) is 7.06. The minimum Gasteiger partial charge on any atom is -0.355 e. The van der Waals surface area contributed by atoms with Gasteiger partial charge in [0.05, 0.1) is 5.75 Å². The van der Waals surface area contributed by atoms with Crippen LogP contribution < -0.4 is 10.6 Å². The third-order valence-electron chi connectivity index (χ3n) is 4.14. The van der Waals surface area contributed by atoms with E-state index in [2.05, 4.69) is 32.0 Å². The standard InChI is InChI=1S/C16H28N4O2S2/c1-13(6-11-24(3,21)22)19-16(17-2)18-7-9-20-8-4-15-14(12-20)5-10-23-15/h5,10,13H,4,6-9,11-12H2,1-3H3,(H2,17,18,19). The number of guanidine groups is 1. The van der Waals surface area contributed by atoms with Crippen LogP contribution in [0, 0.1) is 0 Å². The van der Waals surface area contributed by atoms with Crippen LogP contribution >= 0.6 is 11.3 Å². The highest BCUT2D eigenvalue weighted by Crippen LogP contribution is 2.23. The first-order valence-electron chi connectivity index (χ1n) is 8.30. The van der Waals surface area contributed by atoms with Crippen LogP contribution in [0.1, 0.15) is 23.8 Å². The quantitative estimate of drug-likeness (QED) is 0.554. The highest BCUT2D eigenvalue weighted by atomic mass is 32.2. The largest absolute Gasteiger partial charge is 0.355 e. The number of thiophene rings is 1. The molecule has 1 aliphatic heterocycles. The van der Waals surface area contributed by atoms with Gasteiger partial charge in [0.15, 0.2) is 5.96 Å². The van der Waals surface area contributed by atoms with Crippen molar-refractivity contribution < 1.29 is 8.42 Å². The molecule has 0 amide bonds. The Hall–Kier alpha value is -1.12. The first-order chi connectivity index (χ1) is 11.4. The van der Waals surface area contributed by atoms with E-state index in [0.29, 0.717) is 6.42 Å². The lowest BCUT2D eigenvalue weighted by Crippen LogP contribution is -2.45. The normalized spacial score (nSPS) is 17.4. The van der Waals surface area contributed by atoms with Gasteiger partial charge in [0.2, 0.25) is 0 Å². The maximum atomic E-state index is 11.2. The van der Waals surface area contributed by atoms with E-state index in [0.717, 1.165) is 38.6 Å². The summed E-state index contributed by atoms with van der Waals surface area (Å²) in [4.78, 5) is 8.18. The van der Waals surface area contributed by atoms with Crippen molar-refractivity contribution in [2.75, 3.05) is 38.7 Å². The molecule has 0 spiro atoms. The summed E-state index contributed by atoms with van der Waals surface area (Å²) < 4.78 is 22.5. The number of fused-ring (bicyclic) bond motifs is 1. The molecule has 1 aromatic heterocycles. The predicted octanol–water partition coefficient (Wildman–Crippen LogP) is 1.09. The van der Waals surface area contributed by atoms with E-state index in [1.165, 1.54) is 16.7 Å². The summed E-state index contributed by atoms with van der Waals surface area (Å²) in [6.07, 6.45) is 2.99. The molecule has 136 valence electrons. The van der Waals surface area contributed by atoms with Gasteiger partial charge in [0.25, 0.3) is 0 Å². The van der Waals surface area contributed by atoms with Crippen LogP contribution in [0.15, 0.2) is 16.4 Å². The average Bonchev–Trinajstić information content (AvgIpc) is 2.99. The van der Waals surface area contributed by atoms with E-state index < -0.39 is 9.84 Å². The monoisotopic (exact) mass is 372 g/mol. The zero-order valence-electron chi connectivity index (χ0n) is 14.7. The summed E-state index contributed by atoms with van der Waals surface area (Å²) in [5, 5.41) is 8.74. The van der Waals surface area contributed by atoms with Crippen molar-refractivity contribution in [1.29, 1.82) is 0 Å². The van der Waals surface area contributed by atoms with Crippen LogP contribution in [0.5, 0.6) is 0 Å². The van der Waals surface area contributed by atoms with Crippen LogP contribution in [0.3, 0.4) is 0 Å². The minimum atomic E-state index is -2.92. The van der Waals surface area contributed by atoms with E-state index in [4.69, 9.17) is 0 Å². The van der Waals surface area contributed by atoms with E-state index in [-0.39, 0.29) is 11.8 Å². The molecule has 0 radical (unpaired) electrons. The molecule has 2 rings (SSSR count). The van der Waals surface area contributed by atoms with Gasteiger partial charge in [-0.1, -0.05) is 0 Å². The van der Waals surface area contributed by atoms with E-state index in [1.807, 2.05) is 18.3 Å². The third kappa shape index (κ3) is 6.41. The number of rotatable bonds is 7. The highest BCUT2D eigenvalue weighted by Gasteiger charge is 2.16. The number of nitrogens with one attached hydrogen (secondary N) is 2. The molecule has 1 atom stereocenters.